The first-order valence-corrected chi connectivity index (χ1v) is 4.92. The molecule has 0 spiro atoms. The van der Waals surface area contributed by atoms with Gasteiger partial charge in [-0.15, -0.1) is 0 Å². The summed E-state index contributed by atoms with van der Waals surface area (Å²) in [7, 11) is 0. The zero-order valence-electron chi connectivity index (χ0n) is 7.38. The van der Waals surface area contributed by atoms with Crippen molar-refractivity contribution in [2.75, 3.05) is 5.32 Å². The van der Waals surface area contributed by atoms with E-state index in [0.29, 0.717) is 6.42 Å². The Bertz CT molecular complexity index is 301. The maximum absolute atomic E-state index is 11.2. The first kappa shape index (κ1) is 10.2. The fourth-order valence-corrected chi connectivity index (χ4v) is 1.27. The lowest BCUT2D eigenvalue weighted by Gasteiger charge is -2.04. The van der Waals surface area contributed by atoms with Crippen molar-refractivity contribution in [1.82, 2.24) is 4.98 Å². The molecule has 0 radical (unpaired) electrons. The molecule has 13 heavy (non-hydrogen) atoms. The fraction of sp³-hybridized carbons (Fsp3) is 0.333. The minimum absolute atomic E-state index is 0.0365. The summed E-state index contributed by atoms with van der Waals surface area (Å²) >= 11 is 3.30. The van der Waals surface area contributed by atoms with Gasteiger partial charge in [-0.1, -0.05) is 6.92 Å². The van der Waals surface area contributed by atoms with Crippen molar-refractivity contribution in [2.24, 2.45) is 0 Å². The number of nitrogens with zero attached hydrogens (tertiary/aromatic N) is 1. The summed E-state index contributed by atoms with van der Waals surface area (Å²) in [6, 6.07) is 1.76. The van der Waals surface area contributed by atoms with Gasteiger partial charge in [-0.2, -0.15) is 0 Å². The van der Waals surface area contributed by atoms with E-state index in [2.05, 4.69) is 26.2 Å². The molecule has 0 aliphatic heterocycles. The van der Waals surface area contributed by atoms with Crippen LogP contribution in [0.5, 0.6) is 0 Å². The molecule has 0 fully saturated rings. The van der Waals surface area contributed by atoms with E-state index in [-0.39, 0.29) is 5.91 Å². The summed E-state index contributed by atoms with van der Waals surface area (Å²) in [4.78, 5) is 15.1. The molecular weight excluding hydrogens is 232 g/mol. The van der Waals surface area contributed by atoms with E-state index in [1.54, 1.807) is 18.5 Å². The van der Waals surface area contributed by atoms with E-state index in [1.165, 1.54) is 0 Å². The molecule has 0 aliphatic rings. The quantitative estimate of drug-likeness (QED) is 0.886. The predicted molar refractivity (Wildman–Crippen MR) is 55.5 cm³/mol. The number of anilines is 1. The van der Waals surface area contributed by atoms with Gasteiger partial charge in [-0.05, 0) is 28.4 Å². The number of hydrogen-bond donors (Lipinski definition) is 1. The number of carbonyl (C=O) groups is 1. The number of halogens is 1. The molecule has 3 nitrogen and oxygen atoms in total. The van der Waals surface area contributed by atoms with E-state index in [1.807, 2.05) is 6.92 Å². The van der Waals surface area contributed by atoms with Crippen LogP contribution in [0.1, 0.15) is 19.8 Å². The van der Waals surface area contributed by atoms with Crippen molar-refractivity contribution in [3.05, 3.63) is 22.9 Å². The highest BCUT2D eigenvalue weighted by Gasteiger charge is 2.03. The number of rotatable bonds is 3. The van der Waals surface area contributed by atoms with Crippen LogP contribution in [0.3, 0.4) is 0 Å². The molecule has 0 saturated heterocycles. The van der Waals surface area contributed by atoms with Crippen LogP contribution in [0.4, 0.5) is 5.69 Å². The number of carbonyl (C=O) groups excluding carboxylic acids is 1. The summed E-state index contributed by atoms with van der Waals surface area (Å²) in [6.07, 6.45) is 4.71. The van der Waals surface area contributed by atoms with Gasteiger partial charge in [0.2, 0.25) is 5.91 Å². The molecule has 4 heteroatoms. The number of pyridine rings is 1. The Labute approximate surface area is 85.7 Å². The van der Waals surface area contributed by atoms with Gasteiger partial charge in [-0.3, -0.25) is 9.78 Å². The third-order valence-corrected chi connectivity index (χ3v) is 2.16. The first-order valence-electron chi connectivity index (χ1n) is 4.13. The molecule has 0 aromatic carbocycles. The van der Waals surface area contributed by atoms with Crippen molar-refractivity contribution in [2.45, 2.75) is 19.8 Å². The lowest BCUT2D eigenvalue weighted by Crippen LogP contribution is -2.10. The maximum atomic E-state index is 11.2. The molecule has 1 aromatic heterocycles. The van der Waals surface area contributed by atoms with Crippen LogP contribution in [0.15, 0.2) is 22.9 Å². The topological polar surface area (TPSA) is 42.0 Å². The Kier molecular flexibility index (Phi) is 3.89. The zero-order chi connectivity index (χ0) is 9.68. The van der Waals surface area contributed by atoms with E-state index < -0.39 is 0 Å². The second-order valence-corrected chi connectivity index (χ2v) is 3.51. The summed E-state index contributed by atoms with van der Waals surface area (Å²) in [5, 5.41) is 2.79. The number of amides is 1. The normalized spacial score (nSPS) is 9.69. The largest absolute Gasteiger partial charge is 0.325 e. The molecule has 0 bridgehead atoms. The molecule has 70 valence electrons. The summed E-state index contributed by atoms with van der Waals surface area (Å²) in [6.45, 7) is 1.97. The molecule has 1 aromatic rings. The second kappa shape index (κ2) is 4.97. The van der Waals surface area contributed by atoms with Gasteiger partial charge in [0, 0.05) is 18.8 Å². The summed E-state index contributed by atoms with van der Waals surface area (Å²) in [5.74, 6) is 0.0365. The smallest absolute Gasteiger partial charge is 0.224 e. The van der Waals surface area contributed by atoms with Gasteiger partial charge in [0.15, 0.2) is 0 Å². The average molecular weight is 243 g/mol. The molecule has 1 amide bonds. The second-order valence-electron chi connectivity index (χ2n) is 2.65. The molecule has 0 unspecified atom stereocenters. The third kappa shape index (κ3) is 3.14. The predicted octanol–water partition coefficient (Wildman–Crippen LogP) is 2.58. The van der Waals surface area contributed by atoms with Gasteiger partial charge in [0.25, 0.3) is 0 Å². The Morgan fingerprint density at radius 2 is 2.46 bits per heavy atom. The van der Waals surface area contributed by atoms with Crippen LogP contribution in [-0.2, 0) is 4.79 Å². The van der Waals surface area contributed by atoms with E-state index in [4.69, 9.17) is 0 Å². The Morgan fingerprint density at radius 3 is 3.08 bits per heavy atom. The average Bonchev–Trinajstić information content (AvgIpc) is 2.09. The van der Waals surface area contributed by atoms with Crippen molar-refractivity contribution in [3.63, 3.8) is 0 Å². The van der Waals surface area contributed by atoms with Crippen molar-refractivity contribution in [1.29, 1.82) is 0 Å². The molecule has 0 saturated carbocycles. The minimum atomic E-state index is 0.0365. The Hall–Kier alpha value is -0.900. The van der Waals surface area contributed by atoms with E-state index in [0.717, 1.165) is 16.6 Å². The monoisotopic (exact) mass is 242 g/mol. The number of hydrogen-bond acceptors (Lipinski definition) is 2. The Balaban J connectivity index is 2.63. The molecule has 1 rings (SSSR count). The van der Waals surface area contributed by atoms with Crippen LogP contribution in [0.25, 0.3) is 0 Å². The third-order valence-electron chi connectivity index (χ3n) is 1.52. The van der Waals surface area contributed by atoms with Gasteiger partial charge < -0.3 is 5.32 Å². The summed E-state index contributed by atoms with van der Waals surface area (Å²) < 4.78 is 0.805. The van der Waals surface area contributed by atoms with Crippen LogP contribution in [0, 0.1) is 0 Å². The molecule has 0 atom stereocenters. The van der Waals surface area contributed by atoms with Gasteiger partial charge in [0.05, 0.1) is 10.2 Å². The van der Waals surface area contributed by atoms with Crippen molar-refractivity contribution < 1.29 is 4.79 Å². The lowest BCUT2D eigenvalue weighted by atomic mass is 10.3. The SMILES string of the molecule is CCCC(=O)Nc1ccncc1Br. The Morgan fingerprint density at radius 1 is 1.69 bits per heavy atom. The van der Waals surface area contributed by atoms with E-state index in [9.17, 15) is 4.79 Å². The standard InChI is InChI=1S/C9H11BrN2O/c1-2-3-9(13)12-8-4-5-11-6-7(8)10/h4-6H,2-3H2,1H3,(H,11,12,13). The highest BCUT2D eigenvalue weighted by molar-refractivity contribution is 9.10. The van der Waals surface area contributed by atoms with Gasteiger partial charge in [0.1, 0.15) is 0 Å². The van der Waals surface area contributed by atoms with Crippen LogP contribution >= 0.6 is 15.9 Å². The van der Waals surface area contributed by atoms with Crippen LogP contribution in [-0.4, -0.2) is 10.9 Å². The van der Waals surface area contributed by atoms with Gasteiger partial charge >= 0.3 is 0 Å². The lowest BCUT2D eigenvalue weighted by molar-refractivity contribution is -0.116. The number of nitrogens with one attached hydrogen (secondary N) is 1. The highest BCUT2D eigenvalue weighted by Crippen LogP contribution is 2.19. The first-order chi connectivity index (χ1) is 6.24. The van der Waals surface area contributed by atoms with Crippen molar-refractivity contribution in [3.8, 4) is 0 Å². The van der Waals surface area contributed by atoms with Crippen LogP contribution in [0.2, 0.25) is 0 Å². The molecular formula is C9H11BrN2O. The van der Waals surface area contributed by atoms with Crippen molar-refractivity contribution >= 4 is 27.5 Å². The van der Waals surface area contributed by atoms with Gasteiger partial charge in [-0.25, -0.2) is 0 Å². The molecule has 1 heterocycles. The van der Waals surface area contributed by atoms with E-state index >= 15 is 0 Å². The summed E-state index contributed by atoms with van der Waals surface area (Å²) in [5.41, 5.74) is 0.772. The fourth-order valence-electron chi connectivity index (χ4n) is 0.916. The van der Waals surface area contributed by atoms with Crippen LogP contribution < -0.4 is 5.32 Å². The molecule has 1 N–H and O–H groups in total. The molecule has 0 aliphatic carbocycles. The minimum Gasteiger partial charge on any atom is -0.325 e. The number of aromatic nitrogens is 1. The zero-order valence-corrected chi connectivity index (χ0v) is 8.97. The maximum Gasteiger partial charge on any atom is 0.224 e. The highest BCUT2D eigenvalue weighted by atomic mass is 79.9.